The van der Waals surface area contributed by atoms with Crippen molar-refractivity contribution in [1.82, 2.24) is 4.98 Å². The van der Waals surface area contributed by atoms with Crippen LogP contribution in [-0.2, 0) is 6.42 Å². The van der Waals surface area contributed by atoms with Crippen LogP contribution in [0, 0.1) is 12.0 Å². The lowest BCUT2D eigenvalue weighted by atomic mass is 10.1. The largest absolute Gasteiger partial charge is 0.264 e. The average molecular weight is 134 g/mol. The number of hydrogen-bond donors (Lipinski definition) is 0. The second-order valence-corrected chi connectivity index (χ2v) is 2.86. The van der Waals surface area contributed by atoms with Crippen molar-refractivity contribution in [2.75, 3.05) is 0 Å². The van der Waals surface area contributed by atoms with Gasteiger partial charge in [-0.25, -0.2) is 0 Å². The molecule has 0 aliphatic carbocycles. The average Bonchev–Trinajstić information content (AvgIpc) is 1.88. The summed E-state index contributed by atoms with van der Waals surface area (Å²) >= 11 is 0. The summed E-state index contributed by atoms with van der Waals surface area (Å²) in [5.41, 5.74) is 1.21. The first kappa shape index (κ1) is 7.26. The van der Waals surface area contributed by atoms with Crippen molar-refractivity contribution in [3.63, 3.8) is 0 Å². The maximum absolute atomic E-state index is 4.01. The molecule has 0 spiro atoms. The van der Waals surface area contributed by atoms with Gasteiger partial charge in [0.05, 0.1) is 0 Å². The lowest BCUT2D eigenvalue weighted by Crippen LogP contribution is -1.93. The van der Waals surface area contributed by atoms with Gasteiger partial charge >= 0.3 is 0 Å². The Kier molecular flexibility index (Phi) is 2.43. The summed E-state index contributed by atoms with van der Waals surface area (Å²) in [5.74, 6) is 0.695. The predicted molar refractivity (Wildman–Crippen MR) is 41.6 cm³/mol. The number of pyridine rings is 1. The van der Waals surface area contributed by atoms with Crippen molar-refractivity contribution in [1.29, 1.82) is 0 Å². The number of nitrogens with zero attached hydrogens (tertiary/aromatic N) is 1. The zero-order valence-corrected chi connectivity index (χ0v) is 6.46. The third-order valence-corrected chi connectivity index (χ3v) is 1.29. The standard InChI is InChI=1S/C9H12N/c1-8(2)6-9-4-3-5-10-7-9/h3,5,7-8H,6H2,1-2H3. The Morgan fingerprint density at radius 3 is 2.90 bits per heavy atom. The lowest BCUT2D eigenvalue weighted by Gasteiger charge is -2.01. The van der Waals surface area contributed by atoms with Crippen LogP contribution >= 0.6 is 0 Å². The molecule has 0 N–H and O–H groups in total. The van der Waals surface area contributed by atoms with E-state index >= 15 is 0 Å². The van der Waals surface area contributed by atoms with E-state index in [0.717, 1.165) is 6.42 Å². The zero-order chi connectivity index (χ0) is 7.40. The first-order valence-electron chi connectivity index (χ1n) is 3.59. The van der Waals surface area contributed by atoms with E-state index in [4.69, 9.17) is 0 Å². The van der Waals surface area contributed by atoms with E-state index in [1.165, 1.54) is 5.56 Å². The van der Waals surface area contributed by atoms with Crippen molar-refractivity contribution in [2.24, 2.45) is 5.92 Å². The Balaban J connectivity index is 2.59. The lowest BCUT2D eigenvalue weighted by molar-refractivity contribution is 0.645. The van der Waals surface area contributed by atoms with Crippen molar-refractivity contribution < 1.29 is 0 Å². The van der Waals surface area contributed by atoms with Gasteiger partial charge in [0.15, 0.2) is 0 Å². The Hall–Kier alpha value is -0.850. The highest BCUT2D eigenvalue weighted by Crippen LogP contribution is 2.03. The summed E-state index contributed by atoms with van der Waals surface area (Å²) in [6.45, 7) is 4.39. The van der Waals surface area contributed by atoms with E-state index in [0.29, 0.717) is 5.92 Å². The van der Waals surface area contributed by atoms with Crippen LogP contribution in [-0.4, -0.2) is 4.98 Å². The van der Waals surface area contributed by atoms with Gasteiger partial charge in [0, 0.05) is 12.4 Å². The summed E-state index contributed by atoms with van der Waals surface area (Å²) in [6, 6.07) is 5.00. The minimum atomic E-state index is 0.695. The van der Waals surface area contributed by atoms with Crippen LogP contribution in [0.25, 0.3) is 0 Å². The number of rotatable bonds is 2. The molecule has 0 unspecified atom stereocenters. The van der Waals surface area contributed by atoms with Gasteiger partial charge in [-0.1, -0.05) is 13.8 Å². The van der Waals surface area contributed by atoms with Crippen molar-refractivity contribution in [3.05, 3.63) is 30.1 Å². The first-order chi connectivity index (χ1) is 4.79. The highest BCUT2D eigenvalue weighted by atomic mass is 14.6. The summed E-state index contributed by atoms with van der Waals surface area (Å²) in [6.07, 6.45) is 4.71. The monoisotopic (exact) mass is 134 g/mol. The van der Waals surface area contributed by atoms with Gasteiger partial charge in [0.1, 0.15) is 0 Å². The number of hydrogen-bond acceptors (Lipinski definition) is 1. The molecule has 1 aromatic rings. The minimum Gasteiger partial charge on any atom is -0.264 e. The first-order valence-corrected chi connectivity index (χ1v) is 3.59. The smallest absolute Gasteiger partial charge is 0.0306 e. The van der Waals surface area contributed by atoms with E-state index in [1.54, 1.807) is 6.20 Å². The second-order valence-electron chi connectivity index (χ2n) is 2.86. The van der Waals surface area contributed by atoms with Crippen molar-refractivity contribution in [2.45, 2.75) is 20.3 Å². The predicted octanol–water partition coefficient (Wildman–Crippen LogP) is 2.08. The van der Waals surface area contributed by atoms with Crippen LogP contribution in [0.15, 0.2) is 18.5 Å². The molecule has 0 atom stereocenters. The fourth-order valence-corrected chi connectivity index (χ4v) is 0.909. The van der Waals surface area contributed by atoms with Crippen LogP contribution in [0.5, 0.6) is 0 Å². The van der Waals surface area contributed by atoms with E-state index < -0.39 is 0 Å². The molecule has 1 radical (unpaired) electrons. The minimum absolute atomic E-state index is 0.695. The SMILES string of the molecule is CC(C)Cc1[c]ccnc1. The van der Waals surface area contributed by atoms with Crippen LogP contribution in [0.2, 0.25) is 0 Å². The quantitative estimate of drug-likeness (QED) is 0.603. The summed E-state index contributed by atoms with van der Waals surface area (Å²) < 4.78 is 0. The molecule has 0 aliphatic rings. The third kappa shape index (κ3) is 2.18. The molecule has 0 saturated carbocycles. The van der Waals surface area contributed by atoms with Gasteiger partial charge in [0.25, 0.3) is 0 Å². The highest BCUT2D eigenvalue weighted by Gasteiger charge is 1.95. The van der Waals surface area contributed by atoms with Crippen LogP contribution in [0.1, 0.15) is 19.4 Å². The maximum atomic E-state index is 4.01. The molecule has 0 bridgehead atoms. The van der Waals surface area contributed by atoms with Gasteiger partial charge in [-0.3, -0.25) is 4.98 Å². The molecule has 0 aromatic carbocycles. The zero-order valence-electron chi connectivity index (χ0n) is 6.46. The maximum Gasteiger partial charge on any atom is 0.0306 e. The van der Waals surface area contributed by atoms with E-state index in [2.05, 4.69) is 24.9 Å². The van der Waals surface area contributed by atoms with Crippen LogP contribution in [0.3, 0.4) is 0 Å². The van der Waals surface area contributed by atoms with Gasteiger partial charge in [-0.15, -0.1) is 0 Å². The van der Waals surface area contributed by atoms with E-state index in [-0.39, 0.29) is 0 Å². The van der Waals surface area contributed by atoms with Gasteiger partial charge in [-0.05, 0) is 30.0 Å². The Morgan fingerprint density at radius 1 is 1.60 bits per heavy atom. The summed E-state index contributed by atoms with van der Waals surface area (Å²) in [4.78, 5) is 4.01. The van der Waals surface area contributed by atoms with Crippen LogP contribution in [0.4, 0.5) is 0 Å². The number of aromatic nitrogens is 1. The van der Waals surface area contributed by atoms with Crippen LogP contribution < -0.4 is 0 Å². The molecule has 1 rings (SSSR count). The Labute approximate surface area is 62.1 Å². The molecule has 1 nitrogen and oxygen atoms in total. The highest BCUT2D eigenvalue weighted by molar-refractivity contribution is 5.06. The Morgan fingerprint density at radius 2 is 2.40 bits per heavy atom. The summed E-state index contributed by atoms with van der Waals surface area (Å²) in [7, 11) is 0. The molecule has 0 saturated heterocycles. The fourth-order valence-electron chi connectivity index (χ4n) is 0.909. The molecule has 1 aromatic heterocycles. The molecular weight excluding hydrogens is 122 g/mol. The molecule has 0 fully saturated rings. The molecule has 10 heavy (non-hydrogen) atoms. The molecular formula is C9H12N. The van der Waals surface area contributed by atoms with Gasteiger partial charge < -0.3 is 0 Å². The van der Waals surface area contributed by atoms with Crippen molar-refractivity contribution in [3.8, 4) is 0 Å². The van der Waals surface area contributed by atoms with E-state index in [9.17, 15) is 0 Å². The normalized spacial score (nSPS) is 10.3. The molecule has 53 valence electrons. The van der Waals surface area contributed by atoms with Gasteiger partial charge in [-0.2, -0.15) is 0 Å². The molecule has 0 amide bonds. The Bertz CT molecular complexity index is 179. The third-order valence-electron chi connectivity index (χ3n) is 1.29. The van der Waals surface area contributed by atoms with Gasteiger partial charge in [0.2, 0.25) is 0 Å². The molecule has 1 heterocycles. The molecule has 1 heteroatoms. The topological polar surface area (TPSA) is 12.9 Å². The molecule has 0 aliphatic heterocycles. The van der Waals surface area contributed by atoms with Crippen molar-refractivity contribution >= 4 is 0 Å². The van der Waals surface area contributed by atoms with E-state index in [1.807, 2.05) is 12.3 Å². The summed E-state index contributed by atoms with van der Waals surface area (Å²) in [5, 5.41) is 0. The fraction of sp³-hybridized carbons (Fsp3) is 0.444. The second kappa shape index (κ2) is 3.35.